The van der Waals surface area contributed by atoms with Crippen LogP contribution < -0.4 is 12.4 Å². The second kappa shape index (κ2) is 14.7. The molecule has 2 heteroatoms. The number of unbranched alkanes of at least 4 members (excludes halogenated alkanes) is 5. The average Bonchev–Trinajstić information content (AvgIpc) is 2.35. The van der Waals surface area contributed by atoms with Crippen LogP contribution in [0.2, 0.25) is 0 Å². The van der Waals surface area contributed by atoms with Crippen LogP contribution in [-0.4, -0.2) is 30.7 Å². The number of hydrogen-bond acceptors (Lipinski definition) is 0. The minimum atomic E-state index is 0. The van der Waals surface area contributed by atoms with E-state index in [0.29, 0.717) is 0 Å². The van der Waals surface area contributed by atoms with E-state index >= 15 is 0 Å². The topological polar surface area (TPSA) is 0 Å². The zero-order valence-corrected chi connectivity index (χ0v) is 14.8. The largest absolute Gasteiger partial charge is 1.00 e. The van der Waals surface area contributed by atoms with Crippen LogP contribution in [0.5, 0.6) is 0 Å². The molecule has 0 saturated carbocycles. The second-order valence-electron chi connectivity index (χ2n) is 6.00. The Morgan fingerprint density at radius 1 is 0.474 bits per heavy atom. The fourth-order valence-electron chi connectivity index (χ4n) is 3.32. The molecule has 0 aliphatic heterocycles. The molecular formula is C17H38ClN. The van der Waals surface area contributed by atoms with E-state index < -0.39 is 0 Å². The molecule has 0 rings (SSSR count). The molecule has 0 N–H and O–H groups in total. The Morgan fingerprint density at radius 3 is 1.32 bits per heavy atom. The van der Waals surface area contributed by atoms with E-state index in [0.717, 1.165) is 0 Å². The van der Waals surface area contributed by atoms with Gasteiger partial charge in [0.2, 0.25) is 0 Å². The highest BCUT2D eigenvalue weighted by Crippen LogP contribution is 2.15. The Kier molecular flexibility index (Phi) is 16.6. The summed E-state index contributed by atoms with van der Waals surface area (Å²) in [6, 6.07) is 0. The minimum absolute atomic E-state index is 0. The van der Waals surface area contributed by atoms with Gasteiger partial charge in [0.05, 0.1) is 26.2 Å². The highest BCUT2D eigenvalue weighted by molar-refractivity contribution is 4.48. The van der Waals surface area contributed by atoms with Gasteiger partial charge in [-0.1, -0.05) is 53.4 Å². The first-order chi connectivity index (χ1) is 8.74. The summed E-state index contributed by atoms with van der Waals surface area (Å²) in [5, 5.41) is 0. The average molecular weight is 292 g/mol. The van der Waals surface area contributed by atoms with E-state index in [2.05, 4.69) is 27.7 Å². The molecule has 0 bridgehead atoms. The van der Waals surface area contributed by atoms with E-state index in [1.807, 2.05) is 0 Å². The maximum absolute atomic E-state index is 2.35. The molecule has 0 aliphatic carbocycles. The minimum Gasteiger partial charge on any atom is -1.00 e. The molecule has 0 unspecified atom stereocenters. The Hall–Kier alpha value is 0.250. The van der Waals surface area contributed by atoms with Gasteiger partial charge in [0.15, 0.2) is 0 Å². The third kappa shape index (κ3) is 10.7. The normalized spacial score (nSPS) is 11.4. The number of nitrogens with zero attached hydrogens (tertiary/aromatic N) is 1. The van der Waals surface area contributed by atoms with Crippen LogP contribution in [-0.2, 0) is 0 Å². The van der Waals surface area contributed by atoms with E-state index in [4.69, 9.17) is 0 Å². The summed E-state index contributed by atoms with van der Waals surface area (Å²) < 4.78 is 1.40. The van der Waals surface area contributed by atoms with Crippen molar-refractivity contribution in [2.75, 3.05) is 26.2 Å². The van der Waals surface area contributed by atoms with Crippen LogP contribution >= 0.6 is 0 Å². The van der Waals surface area contributed by atoms with Crippen molar-refractivity contribution in [3.63, 3.8) is 0 Å². The van der Waals surface area contributed by atoms with Crippen LogP contribution in [0.4, 0.5) is 0 Å². The molecule has 0 aromatic heterocycles. The number of halogens is 1. The molecule has 0 radical (unpaired) electrons. The molecule has 19 heavy (non-hydrogen) atoms. The van der Waals surface area contributed by atoms with E-state index in [1.165, 1.54) is 88.4 Å². The molecule has 0 amide bonds. The van der Waals surface area contributed by atoms with Gasteiger partial charge in [-0.25, -0.2) is 0 Å². The van der Waals surface area contributed by atoms with Crippen molar-refractivity contribution < 1.29 is 16.9 Å². The Balaban J connectivity index is 0. The van der Waals surface area contributed by atoms with E-state index in [-0.39, 0.29) is 12.4 Å². The van der Waals surface area contributed by atoms with Gasteiger partial charge in [-0.2, -0.15) is 0 Å². The lowest BCUT2D eigenvalue weighted by molar-refractivity contribution is -0.928. The van der Waals surface area contributed by atoms with Crippen LogP contribution in [0.15, 0.2) is 0 Å². The van der Waals surface area contributed by atoms with Gasteiger partial charge in [-0.3, -0.25) is 0 Å². The Labute approximate surface area is 129 Å². The molecule has 0 aromatic carbocycles. The summed E-state index contributed by atoms with van der Waals surface area (Å²) in [6.07, 6.45) is 12.6. The lowest BCUT2D eigenvalue weighted by Gasteiger charge is -2.38. The standard InChI is InChI=1S/C17H38N.ClH/c1-5-9-10-11-12-13-17-18(14-6-2,15-7-3)16-8-4;/h5-17H2,1-4H3;1H/q+1;/p-1. The number of rotatable bonds is 13. The lowest BCUT2D eigenvalue weighted by atomic mass is 10.1. The van der Waals surface area contributed by atoms with Gasteiger partial charge in [0.1, 0.15) is 0 Å². The maximum atomic E-state index is 2.35. The van der Waals surface area contributed by atoms with Crippen molar-refractivity contribution >= 4 is 0 Å². The maximum Gasteiger partial charge on any atom is 0.0786 e. The van der Waals surface area contributed by atoms with Crippen molar-refractivity contribution in [1.82, 2.24) is 0 Å². The van der Waals surface area contributed by atoms with Crippen molar-refractivity contribution in [2.24, 2.45) is 0 Å². The van der Waals surface area contributed by atoms with Gasteiger partial charge in [-0.05, 0) is 32.1 Å². The zero-order valence-electron chi connectivity index (χ0n) is 14.0. The van der Waals surface area contributed by atoms with Gasteiger partial charge < -0.3 is 16.9 Å². The first-order valence-electron chi connectivity index (χ1n) is 8.59. The first-order valence-corrected chi connectivity index (χ1v) is 8.59. The summed E-state index contributed by atoms with van der Waals surface area (Å²) >= 11 is 0. The molecule has 0 fully saturated rings. The summed E-state index contributed by atoms with van der Waals surface area (Å²) in [6.45, 7) is 15.0. The van der Waals surface area contributed by atoms with Crippen molar-refractivity contribution in [3.05, 3.63) is 0 Å². The predicted octanol–water partition coefficient (Wildman–Crippen LogP) is 2.40. The summed E-state index contributed by atoms with van der Waals surface area (Å²) in [7, 11) is 0. The summed E-state index contributed by atoms with van der Waals surface area (Å²) in [4.78, 5) is 0. The molecule has 0 atom stereocenters. The Morgan fingerprint density at radius 2 is 0.895 bits per heavy atom. The van der Waals surface area contributed by atoms with Crippen LogP contribution in [0.25, 0.3) is 0 Å². The highest BCUT2D eigenvalue weighted by Gasteiger charge is 2.23. The van der Waals surface area contributed by atoms with E-state index in [9.17, 15) is 0 Å². The van der Waals surface area contributed by atoms with Crippen LogP contribution in [0, 0.1) is 0 Å². The van der Waals surface area contributed by atoms with Gasteiger partial charge in [-0.15, -0.1) is 0 Å². The summed E-state index contributed by atoms with van der Waals surface area (Å²) in [5.74, 6) is 0. The summed E-state index contributed by atoms with van der Waals surface area (Å²) in [5.41, 5.74) is 0. The third-order valence-corrected chi connectivity index (χ3v) is 4.08. The fourth-order valence-corrected chi connectivity index (χ4v) is 3.32. The molecule has 0 saturated heterocycles. The van der Waals surface area contributed by atoms with Gasteiger partial charge >= 0.3 is 0 Å². The predicted molar refractivity (Wildman–Crippen MR) is 84.0 cm³/mol. The van der Waals surface area contributed by atoms with E-state index in [1.54, 1.807) is 0 Å². The number of quaternary nitrogens is 1. The molecule has 0 heterocycles. The van der Waals surface area contributed by atoms with Crippen molar-refractivity contribution in [1.29, 1.82) is 0 Å². The molecule has 0 spiro atoms. The first kappa shape index (κ1) is 21.5. The zero-order chi connectivity index (χ0) is 13.7. The lowest BCUT2D eigenvalue weighted by Crippen LogP contribution is -3.00. The monoisotopic (exact) mass is 291 g/mol. The molecule has 0 aliphatic rings. The second-order valence-corrected chi connectivity index (χ2v) is 6.00. The van der Waals surface area contributed by atoms with Gasteiger partial charge in [0, 0.05) is 0 Å². The number of hydrogen-bond donors (Lipinski definition) is 0. The Bertz CT molecular complexity index is 154. The highest BCUT2D eigenvalue weighted by atomic mass is 35.5. The van der Waals surface area contributed by atoms with Crippen LogP contribution in [0.3, 0.4) is 0 Å². The molecule has 1 nitrogen and oxygen atoms in total. The van der Waals surface area contributed by atoms with Crippen LogP contribution in [0.1, 0.15) is 85.5 Å². The van der Waals surface area contributed by atoms with Crippen molar-refractivity contribution in [2.45, 2.75) is 85.5 Å². The SMILES string of the molecule is CCCCCCCC[N+](CCC)(CCC)CCC.[Cl-]. The van der Waals surface area contributed by atoms with Gasteiger partial charge in [0.25, 0.3) is 0 Å². The van der Waals surface area contributed by atoms with Crippen molar-refractivity contribution in [3.8, 4) is 0 Å². The smallest absolute Gasteiger partial charge is 0.0786 e. The fraction of sp³-hybridized carbons (Fsp3) is 1.00. The molecule has 118 valence electrons. The quantitative estimate of drug-likeness (QED) is 0.361. The molecule has 0 aromatic rings. The third-order valence-electron chi connectivity index (χ3n) is 4.08. The molecular weight excluding hydrogens is 254 g/mol.